The Hall–Kier alpha value is -1.90. The standard InChI is InChI=1S/C30H44ClFN4O3/c1-2-34-30(19-7-5-3-4-6-8-19)14-13-25(33-18-30)29(38)36-27-16-26(21-10-11-22(21)27)35-28(37)17-39-20-9-12-23(31)24(32)15-20/h9,12,15,19,21-22,25-27,33-34H,2-8,10-11,13-14,16-18H2,1H3,(H,35,37)(H,36,38)/t21?,22?,25?,26-,27?,30?/m0/s1. The SMILES string of the molecule is CCNC1(C2CCCCCC2)CCC(C(=O)NC2C[C@H](NC(=O)COc3ccc(Cl)c(F)c3)C3CCC23)NC1. The zero-order chi connectivity index (χ0) is 27.4. The average Bonchev–Trinajstić information content (AvgIpc) is 3.07. The Bertz CT molecular complexity index is 1010. The number of rotatable bonds is 9. The number of hydrogen-bond donors (Lipinski definition) is 4. The summed E-state index contributed by atoms with van der Waals surface area (Å²) >= 11 is 5.71. The highest BCUT2D eigenvalue weighted by Crippen LogP contribution is 2.47. The average molecular weight is 563 g/mol. The molecule has 3 aliphatic carbocycles. The summed E-state index contributed by atoms with van der Waals surface area (Å²) in [5.74, 6) is 1.00. The van der Waals surface area contributed by atoms with Gasteiger partial charge in [-0.15, -0.1) is 0 Å². The number of carbonyl (C=O) groups excluding carboxylic acids is 2. The van der Waals surface area contributed by atoms with E-state index in [9.17, 15) is 14.0 Å². The van der Waals surface area contributed by atoms with E-state index in [2.05, 4.69) is 28.2 Å². The quantitative estimate of drug-likeness (QED) is 0.336. The Morgan fingerprint density at radius 2 is 1.77 bits per heavy atom. The molecule has 0 aromatic heterocycles. The van der Waals surface area contributed by atoms with Gasteiger partial charge in [0.2, 0.25) is 5.91 Å². The van der Waals surface area contributed by atoms with Crippen molar-refractivity contribution in [2.45, 2.75) is 101 Å². The van der Waals surface area contributed by atoms with Crippen LogP contribution in [0.2, 0.25) is 5.02 Å². The molecule has 3 saturated carbocycles. The van der Waals surface area contributed by atoms with Crippen LogP contribution in [0.25, 0.3) is 0 Å². The molecule has 1 aromatic rings. The van der Waals surface area contributed by atoms with Gasteiger partial charge in [0.05, 0.1) is 11.1 Å². The van der Waals surface area contributed by atoms with Crippen LogP contribution in [-0.4, -0.2) is 55.2 Å². The van der Waals surface area contributed by atoms with Crippen LogP contribution >= 0.6 is 11.6 Å². The van der Waals surface area contributed by atoms with Crippen LogP contribution in [0.5, 0.6) is 5.75 Å². The first kappa shape index (κ1) is 28.6. The lowest BCUT2D eigenvalue weighted by molar-refractivity contribution is -0.125. The summed E-state index contributed by atoms with van der Waals surface area (Å²) in [6, 6.07) is 4.06. The summed E-state index contributed by atoms with van der Waals surface area (Å²) in [6.45, 7) is 3.79. The Kier molecular flexibility index (Phi) is 9.35. The van der Waals surface area contributed by atoms with Crippen molar-refractivity contribution in [3.63, 3.8) is 0 Å². The highest BCUT2D eigenvalue weighted by molar-refractivity contribution is 6.30. The summed E-state index contributed by atoms with van der Waals surface area (Å²) in [5.41, 5.74) is 0.0948. The third kappa shape index (κ3) is 6.54. The molecular formula is C30H44ClFN4O3. The summed E-state index contributed by atoms with van der Waals surface area (Å²) in [7, 11) is 0. The number of amides is 2. The van der Waals surface area contributed by atoms with E-state index in [1.54, 1.807) is 6.07 Å². The van der Waals surface area contributed by atoms with Crippen molar-refractivity contribution in [3.05, 3.63) is 29.0 Å². The lowest BCUT2D eigenvalue weighted by atomic mass is 9.72. The summed E-state index contributed by atoms with van der Waals surface area (Å²) in [6.07, 6.45) is 12.6. The molecule has 1 aromatic carbocycles. The van der Waals surface area contributed by atoms with Crippen molar-refractivity contribution in [2.75, 3.05) is 19.7 Å². The first-order chi connectivity index (χ1) is 18.9. The first-order valence-electron chi connectivity index (χ1n) is 15.0. The molecule has 2 amide bonds. The van der Waals surface area contributed by atoms with Crippen molar-refractivity contribution in [1.82, 2.24) is 21.3 Å². The first-order valence-corrected chi connectivity index (χ1v) is 15.4. The molecule has 4 fully saturated rings. The number of fused-ring (bicyclic) bond motifs is 1. The molecule has 39 heavy (non-hydrogen) atoms. The van der Waals surface area contributed by atoms with Gasteiger partial charge in [-0.05, 0) is 81.4 Å². The number of piperidine rings is 1. The van der Waals surface area contributed by atoms with Crippen molar-refractivity contribution in [1.29, 1.82) is 0 Å². The molecule has 1 saturated heterocycles. The number of hydrogen-bond acceptors (Lipinski definition) is 5. The Balaban J connectivity index is 1.10. The van der Waals surface area contributed by atoms with Gasteiger partial charge in [0.15, 0.2) is 6.61 Å². The van der Waals surface area contributed by atoms with Gasteiger partial charge in [-0.2, -0.15) is 0 Å². The normalized spacial score (nSPS) is 32.9. The molecule has 216 valence electrons. The van der Waals surface area contributed by atoms with Gasteiger partial charge in [0.1, 0.15) is 11.6 Å². The van der Waals surface area contributed by atoms with Crippen LogP contribution in [0.15, 0.2) is 18.2 Å². The van der Waals surface area contributed by atoms with Gasteiger partial charge in [0.25, 0.3) is 5.91 Å². The lowest BCUT2D eigenvalue weighted by Gasteiger charge is -2.46. The van der Waals surface area contributed by atoms with Crippen LogP contribution < -0.4 is 26.0 Å². The van der Waals surface area contributed by atoms with Gasteiger partial charge in [-0.1, -0.05) is 44.2 Å². The fraction of sp³-hybridized carbons (Fsp3) is 0.733. The van der Waals surface area contributed by atoms with Crippen LogP contribution in [-0.2, 0) is 9.59 Å². The smallest absolute Gasteiger partial charge is 0.258 e. The number of halogens is 2. The van der Waals surface area contributed by atoms with Crippen LogP contribution in [0, 0.1) is 23.6 Å². The summed E-state index contributed by atoms with van der Waals surface area (Å²) in [5, 5.41) is 13.9. The molecule has 4 aliphatic rings. The molecule has 7 nitrogen and oxygen atoms in total. The van der Waals surface area contributed by atoms with Crippen LogP contribution in [0.3, 0.4) is 0 Å². The van der Waals surface area contributed by atoms with Crippen LogP contribution in [0.1, 0.15) is 77.6 Å². The molecule has 9 heteroatoms. The van der Waals surface area contributed by atoms with E-state index in [0.717, 1.165) is 45.2 Å². The van der Waals surface area contributed by atoms with E-state index in [1.165, 1.54) is 50.7 Å². The largest absolute Gasteiger partial charge is 0.484 e. The van der Waals surface area contributed by atoms with E-state index in [4.69, 9.17) is 16.3 Å². The summed E-state index contributed by atoms with van der Waals surface area (Å²) < 4.78 is 19.1. The Labute approximate surface area is 236 Å². The fourth-order valence-electron chi connectivity index (χ4n) is 7.70. The molecule has 5 rings (SSSR count). The van der Waals surface area contributed by atoms with E-state index < -0.39 is 5.82 Å². The fourth-order valence-corrected chi connectivity index (χ4v) is 7.82. The molecule has 0 spiro atoms. The predicted molar refractivity (Wildman–Crippen MR) is 150 cm³/mol. The minimum absolute atomic E-state index is 0.0156. The third-order valence-electron chi connectivity index (χ3n) is 9.88. The van der Waals surface area contributed by atoms with Crippen molar-refractivity contribution in [2.24, 2.45) is 17.8 Å². The van der Waals surface area contributed by atoms with Gasteiger partial charge in [-0.3, -0.25) is 9.59 Å². The minimum atomic E-state index is -0.578. The highest BCUT2D eigenvalue weighted by atomic mass is 35.5. The zero-order valence-electron chi connectivity index (χ0n) is 23.1. The molecule has 4 N–H and O–H groups in total. The zero-order valence-corrected chi connectivity index (χ0v) is 23.8. The van der Waals surface area contributed by atoms with Crippen molar-refractivity contribution >= 4 is 23.4 Å². The maximum atomic E-state index is 13.6. The molecule has 1 aliphatic heterocycles. The molecule has 5 unspecified atom stereocenters. The van der Waals surface area contributed by atoms with Gasteiger partial charge in [-0.25, -0.2) is 4.39 Å². The molecule has 0 bridgehead atoms. The second-order valence-electron chi connectivity index (χ2n) is 12.1. The van der Waals surface area contributed by atoms with E-state index in [1.807, 2.05) is 0 Å². The Morgan fingerprint density at radius 3 is 2.38 bits per heavy atom. The van der Waals surface area contributed by atoms with Gasteiger partial charge < -0.3 is 26.0 Å². The second-order valence-corrected chi connectivity index (χ2v) is 12.5. The number of likely N-dealkylation sites (N-methyl/N-ethyl adjacent to an activating group) is 1. The lowest BCUT2D eigenvalue weighted by Crippen LogP contribution is -2.64. The third-order valence-corrected chi connectivity index (χ3v) is 10.2. The maximum Gasteiger partial charge on any atom is 0.258 e. The van der Waals surface area contributed by atoms with E-state index >= 15 is 0 Å². The van der Waals surface area contributed by atoms with Crippen LogP contribution in [0.4, 0.5) is 4.39 Å². The minimum Gasteiger partial charge on any atom is -0.484 e. The molecular weight excluding hydrogens is 519 g/mol. The number of ether oxygens (including phenoxy) is 1. The van der Waals surface area contributed by atoms with E-state index in [-0.39, 0.29) is 52.9 Å². The topological polar surface area (TPSA) is 91.5 Å². The number of benzene rings is 1. The molecule has 0 radical (unpaired) electrons. The van der Waals surface area contributed by atoms with Gasteiger partial charge in [0, 0.05) is 30.2 Å². The highest BCUT2D eigenvalue weighted by Gasteiger charge is 2.50. The monoisotopic (exact) mass is 562 g/mol. The second kappa shape index (κ2) is 12.7. The maximum absolute atomic E-state index is 13.6. The van der Waals surface area contributed by atoms with Crippen molar-refractivity contribution in [3.8, 4) is 5.75 Å². The summed E-state index contributed by atoms with van der Waals surface area (Å²) in [4.78, 5) is 25.9. The Morgan fingerprint density at radius 1 is 1.05 bits per heavy atom. The van der Waals surface area contributed by atoms with Gasteiger partial charge >= 0.3 is 0 Å². The predicted octanol–water partition coefficient (Wildman–Crippen LogP) is 4.33. The van der Waals surface area contributed by atoms with Crippen molar-refractivity contribution < 1.29 is 18.7 Å². The molecule has 6 atom stereocenters. The number of nitrogens with one attached hydrogen (secondary N) is 4. The molecule has 1 heterocycles. The van der Waals surface area contributed by atoms with E-state index in [0.29, 0.717) is 17.8 Å². The number of carbonyl (C=O) groups is 2.